The number of hydrogen-bond donors (Lipinski definition) is 2. The molecule has 132 valence electrons. The second-order valence-corrected chi connectivity index (χ2v) is 5.64. The van der Waals surface area contributed by atoms with Crippen molar-refractivity contribution < 1.29 is 19.0 Å². The summed E-state index contributed by atoms with van der Waals surface area (Å²) in [7, 11) is 1.64. The third-order valence-corrected chi connectivity index (χ3v) is 3.87. The zero-order valence-corrected chi connectivity index (χ0v) is 14.0. The van der Waals surface area contributed by atoms with Gasteiger partial charge in [-0.2, -0.15) is 0 Å². The highest BCUT2D eigenvalue weighted by Gasteiger charge is 2.27. The molecule has 7 nitrogen and oxygen atoms in total. The molecular formula is C18H21N3O4. The molecular weight excluding hydrogens is 322 g/mol. The van der Waals surface area contributed by atoms with Crippen LogP contribution in [-0.2, 0) is 9.47 Å². The fourth-order valence-corrected chi connectivity index (χ4v) is 2.62. The van der Waals surface area contributed by atoms with E-state index >= 15 is 0 Å². The van der Waals surface area contributed by atoms with Crippen molar-refractivity contribution in [1.29, 1.82) is 0 Å². The Morgan fingerprint density at radius 1 is 1.28 bits per heavy atom. The van der Waals surface area contributed by atoms with Crippen LogP contribution >= 0.6 is 0 Å². The molecule has 25 heavy (non-hydrogen) atoms. The minimum absolute atomic E-state index is 0.0473. The van der Waals surface area contributed by atoms with E-state index in [4.69, 9.17) is 14.2 Å². The summed E-state index contributed by atoms with van der Waals surface area (Å²) in [5, 5.41) is 5.66. The van der Waals surface area contributed by atoms with Crippen LogP contribution in [0.25, 0.3) is 0 Å². The van der Waals surface area contributed by atoms with Gasteiger partial charge in [0, 0.05) is 31.7 Å². The summed E-state index contributed by atoms with van der Waals surface area (Å²) in [6.07, 6.45) is 2.29. The van der Waals surface area contributed by atoms with E-state index in [9.17, 15) is 4.79 Å². The highest BCUT2D eigenvalue weighted by Crippen LogP contribution is 2.21. The zero-order chi connectivity index (χ0) is 17.5. The number of urea groups is 1. The molecule has 2 atom stereocenters. The van der Waals surface area contributed by atoms with Crippen molar-refractivity contribution in [2.45, 2.75) is 18.6 Å². The lowest BCUT2D eigenvalue weighted by atomic mass is 10.1. The first kappa shape index (κ1) is 17.2. The van der Waals surface area contributed by atoms with Crippen molar-refractivity contribution in [1.82, 2.24) is 10.3 Å². The van der Waals surface area contributed by atoms with Gasteiger partial charge in [-0.25, -0.2) is 9.78 Å². The first-order valence-corrected chi connectivity index (χ1v) is 8.11. The molecule has 0 spiro atoms. The molecule has 0 bridgehead atoms. The number of nitrogens with zero attached hydrogens (tertiary/aromatic N) is 1. The quantitative estimate of drug-likeness (QED) is 0.872. The number of rotatable bonds is 5. The molecule has 0 aliphatic carbocycles. The van der Waals surface area contributed by atoms with E-state index in [1.54, 1.807) is 25.4 Å². The van der Waals surface area contributed by atoms with Gasteiger partial charge in [0.2, 0.25) is 5.88 Å². The molecule has 0 radical (unpaired) electrons. The third kappa shape index (κ3) is 4.91. The fourth-order valence-electron chi connectivity index (χ4n) is 2.62. The molecule has 1 aliphatic rings. The molecule has 3 rings (SSSR count). The molecule has 1 fully saturated rings. The minimum atomic E-state index is -0.325. The van der Waals surface area contributed by atoms with E-state index < -0.39 is 0 Å². The number of methoxy groups -OCH3 is 1. The number of aromatic nitrogens is 1. The topological polar surface area (TPSA) is 81.7 Å². The summed E-state index contributed by atoms with van der Waals surface area (Å²) >= 11 is 0. The van der Waals surface area contributed by atoms with Crippen LogP contribution in [0.1, 0.15) is 6.42 Å². The van der Waals surface area contributed by atoms with Gasteiger partial charge >= 0.3 is 6.03 Å². The van der Waals surface area contributed by atoms with E-state index in [1.165, 1.54) is 0 Å². The molecule has 2 amide bonds. The number of benzene rings is 1. The summed E-state index contributed by atoms with van der Waals surface area (Å²) in [5.74, 6) is 1.08. The van der Waals surface area contributed by atoms with Crippen LogP contribution in [0.5, 0.6) is 11.6 Å². The number of amides is 2. The Hall–Kier alpha value is -2.64. The van der Waals surface area contributed by atoms with Crippen molar-refractivity contribution in [3.05, 3.63) is 48.7 Å². The Morgan fingerprint density at radius 2 is 2.12 bits per heavy atom. The Bertz CT molecular complexity index is 696. The van der Waals surface area contributed by atoms with Crippen LogP contribution in [0.15, 0.2) is 48.7 Å². The van der Waals surface area contributed by atoms with E-state index in [-0.39, 0.29) is 18.2 Å². The number of hydrogen-bond acceptors (Lipinski definition) is 5. The van der Waals surface area contributed by atoms with Gasteiger partial charge in [-0.3, -0.25) is 0 Å². The van der Waals surface area contributed by atoms with E-state index in [0.29, 0.717) is 30.5 Å². The fraction of sp³-hybridized carbons (Fsp3) is 0.333. The SMILES string of the molecule is CO[C@@H]1CCOC[C@H]1NC(=O)Nc1ccnc(Oc2ccccc2)c1. The van der Waals surface area contributed by atoms with Crippen LogP contribution in [0.2, 0.25) is 0 Å². The second kappa shape index (κ2) is 8.46. The van der Waals surface area contributed by atoms with E-state index in [0.717, 1.165) is 6.42 Å². The van der Waals surface area contributed by atoms with Crippen LogP contribution in [0.4, 0.5) is 10.5 Å². The average molecular weight is 343 g/mol. The molecule has 2 aromatic rings. The zero-order valence-electron chi connectivity index (χ0n) is 14.0. The smallest absolute Gasteiger partial charge is 0.319 e. The Balaban J connectivity index is 1.58. The highest BCUT2D eigenvalue weighted by molar-refractivity contribution is 5.89. The van der Waals surface area contributed by atoms with Crippen LogP contribution in [0, 0.1) is 0 Å². The Labute approximate surface area is 146 Å². The molecule has 1 aromatic heterocycles. The number of pyridine rings is 1. The van der Waals surface area contributed by atoms with Crippen molar-refractivity contribution in [2.75, 3.05) is 25.6 Å². The third-order valence-electron chi connectivity index (χ3n) is 3.87. The molecule has 7 heteroatoms. The molecule has 0 unspecified atom stereocenters. The molecule has 2 heterocycles. The van der Waals surface area contributed by atoms with Gasteiger partial charge in [-0.15, -0.1) is 0 Å². The van der Waals surface area contributed by atoms with Gasteiger partial charge in [0.1, 0.15) is 5.75 Å². The number of para-hydroxylation sites is 1. The lowest BCUT2D eigenvalue weighted by molar-refractivity contribution is -0.0330. The number of carbonyl (C=O) groups excluding carboxylic acids is 1. The maximum atomic E-state index is 12.2. The van der Waals surface area contributed by atoms with Gasteiger partial charge < -0.3 is 24.8 Å². The summed E-state index contributed by atoms with van der Waals surface area (Å²) in [6.45, 7) is 1.08. The molecule has 2 N–H and O–H groups in total. The first-order chi connectivity index (χ1) is 12.2. The van der Waals surface area contributed by atoms with Crippen LogP contribution < -0.4 is 15.4 Å². The summed E-state index contributed by atoms with van der Waals surface area (Å²) in [6, 6.07) is 12.2. The molecule has 1 saturated heterocycles. The molecule has 1 aliphatic heterocycles. The van der Waals surface area contributed by atoms with E-state index in [2.05, 4.69) is 15.6 Å². The monoisotopic (exact) mass is 343 g/mol. The molecule has 1 aromatic carbocycles. The largest absolute Gasteiger partial charge is 0.439 e. The van der Waals surface area contributed by atoms with Crippen molar-refractivity contribution in [3.8, 4) is 11.6 Å². The first-order valence-electron chi connectivity index (χ1n) is 8.11. The Morgan fingerprint density at radius 3 is 2.92 bits per heavy atom. The maximum absolute atomic E-state index is 12.2. The molecule has 0 saturated carbocycles. The Kier molecular flexibility index (Phi) is 5.81. The lowest BCUT2D eigenvalue weighted by Gasteiger charge is -2.30. The standard InChI is InChI=1S/C18H21N3O4/c1-23-16-8-10-24-12-15(16)21-18(22)20-13-7-9-19-17(11-13)25-14-5-3-2-4-6-14/h2-7,9,11,15-16H,8,10,12H2,1H3,(H2,19,20,21,22)/t15-,16-/m1/s1. The van der Waals surface area contributed by atoms with Crippen molar-refractivity contribution in [3.63, 3.8) is 0 Å². The minimum Gasteiger partial charge on any atom is -0.439 e. The number of nitrogens with one attached hydrogen (secondary N) is 2. The maximum Gasteiger partial charge on any atom is 0.319 e. The van der Waals surface area contributed by atoms with Crippen molar-refractivity contribution in [2.24, 2.45) is 0 Å². The van der Waals surface area contributed by atoms with Crippen LogP contribution in [-0.4, -0.2) is 43.5 Å². The average Bonchev–Trinajstić information content (AvgIpc) is 2.63. The number of ether oxygens (including phenoxy) is 3. The number of anilines is 1. The summed E-state index contributed by atoms with van der Waals surface area (Å²) < 4.78 is 16.4. The summed E-state index contributed by atoms with van der Waals surface area (Å²) in [4.78, 5) is 16.4. The van der Waals surface area contributed by atoms with Crippen LogP contribution in [0.3, 0.4) is 0 Å². The van der Waals surface area contributed by atoms with E-state index in [1.807, 2.05) is 30.3 Å². The van der Waals surface area contributed by atoms with Gasteiger partial charge in [-0.05, 0) is 24.6 Å². The second-order valence-electron chi connectivity index (χ2n) is 5.64. The number of carbonyl (C=O) groups is 1. The van der Waals surface area contributed by atoms with Gasteiger partial charge in [0.05, 0.1) is 18.8 Å². The summed E-state index contributed by atoms with van der Waals surface area (Å²) in [5.41, 5.74) is 0.587. The van der Waals surface area contributed by atoms with Gasteiger partial charge in [0.15, 0.2) is 0 Å². The predicted molar refractivity (Wildman–Crippen MR) is 92.9 cm³/mol. The van der Waals surface area contributed by atoms with Crippen molar-refractivity contribution >= 4 is 11.7 Å². The lowest BCUT2D eigenvalue weighted by Crippen LogP contribution is -2.51. The normalized spacial score (nSPS) is 19.9. The predicted octanol–water partition coefficient (Wildman–Crippen LogP) is 2.80. The highest BCUT2D eigenvalue weighted by atomic mass is 16.5. The van der Waals surface area contributed by atoms with Gasteiger partial charge in [0.25, 0.3) is 0 Å². The van der Waals surface area contributed by atoms with Gasteiger partial charge in [-0.1, -0.05) is 18.2 Å².